The van der Waals surface area contributed by atoms with Gasteiger partial charge in [0.05, 0.1) is 27.6 Å². The number of hydrogen-bond donors (Lipinski definition) is 0. The van der Waals surface area contributed by atoms with E-state index in [0.29, 0.717) is 0 Å². The molecular formula is C9H14O5. The predicted octanol–water partition coefficient (Wildman–Crippen LogP) is 0.499. The molecule has 0 rings (SSSR count). The molecule has 5 nitrogen and oxygen atoms in total. The standard InChI is InChI=1S/C9H14O5/c1-12-6-4-5-7(8(10)13-2)9(11)14-3/h4,6-7H,5H2,1-3H3/b6-4+. The van der Waals surface area contributed by atoms with E-state index < -0.39 is 17.9 Å². The lowest BCUT2D eigenvalue weighted by Gasteiger charge is -2.09. The molecule has 0 unspecified atom stereocenters. The zero-order valence-electron chi connectivity index (χ0n) is 8.48. The van der Waals surface area contributed by atoms with Gasteiger partial charge in [0.25, 0.3) is 0 Å². The molecule has 0 bridgehead atoms. The highest BCUT2D eigenvalue weighted by Crippen LogP contribution is 2.08. The van der Waals surface area contributed by atoms with Gasteiger partial charge in [0.2, 0.25) is 0 Å². The van der Waals surface area contributed by atoms with E-state index in [4.69, 9.17) is 0 Å². The van der Waals surface area contributed by atoms with Crippen LogP contribution < -0.4 is 0 Å². The van der Waals surface area contributed by atoms with Crippen LogP contribution in [0.2, 0.25) is 0 Å². The van der Waals surface area contributed by atoms with Crippen molar-refractivity contribution in [2.75, 3.05) is 21.3 Å². The summed E-state index contributed by atoms with van der Waals surface area (Å²) >= 11 is 0. The number of hydrogen-bond acceptors (Lipinski definition) is 5. The maximum absolute atomic E-state index is 11.1. The highest BCUT2D eigenvalue weighted by Gasteiger charge is 2.27. The second-order valence-electron chi connectivity index (χ2n) is 2.44. The highest BCUT2D eigenvalue weighted by atomic mass is 16.5. The Bertz CT molecular complexity index is 205. The van der Waals surface area contributed by atoms with Crippen LogP contribution in [0.15, 0.2) is 12.3 Å². The van der Waals surface area contributed by atoms with E-state index >= 15 is 0 Å². The summed E-state index contributed by atoms with van der Waals surface area (Å²) in [5.41, 5.74) is 0. The van der Waals surface area contributed by atoms with Crippen molar-refractivity contribution >= 4 is 11.9 Å². The third kappa shape index (κ3) is 3.93. The van der Waals surface area contributed by atoms with Crippen molar-refractivity contribution in [1.82, 2.24) is 0 Å². The first-order valence-corrected chi connectivity index (χ1v) is 4.00. The Balaban J connectivity index is 4.32. The Morgan fingerprint density at radius 3 is 2.00 bits per heavy atom. The van der Waals surface area contributed by atoms with Gasteiger partial charge < -0.3 is 14.2 Å². The lowest BCUT2D eigenvalue weighted by atomic mass is 10.1. The zero-order valence-corrected chi connectivity index (χ0v) is 8.48. The van der Waals surface area contributed by atoms with Crippen molar-refractivity contribution in [1.29, 1.82) is 0 Å². The monoisotopic (exact) mass is 202 g/mol. The van der Waals surface area contributed by atoms with Crippen LogP contribution in [0.1, 0.15) is 6.42 Å². The number of methoxy groups -OCH3 is 3. The van der Waals surface area contributed by atoms with Crippen molar-refractivity contribution in [3.63, 3.8) is 0 Å². The first-order chi connectivity index (χ1) is 6.67. The summed E-state index contributed by atoms with van der Waals surface area (Å²) in [5.74, 6) is -2.15. The lowest BCUT2D eigenvalue weighted by Crippen LogP contribution is -2.25. The number of carbonyl (C=O) groups is 2. The van der Waals surface area contributed by atoms with E-state index in [9.17, 15) is 9.59 Å². The fourth-order valence-electron chi connectivity index (χ4n) is 0.861. The zero-order chi connectivity index (χ0) is 11.0. The smallest absolute Gasteiger partial charge is 0.320 e. The number of esters is 2. The molecule has 0 spiro atoms. The molecule has 14 heavy (non-hydrogen) atoms. The van der Waals surface area contributed by atoms with E-state index in [2.05, 4.69) is 14.2 Å². The van der Waals surface area contributed by atoms with Crippen molar-refractivity contribution in [2.24, 2.45) is 5.92 Å². The highest BCUT2D eigenvalue weighted by molar-refractivity contribution is 5.94. The summed E-state index contributed by atoms with van der Waals surface area (Å²) in [6.45, 7) is 0. The quantitative estimate of drug-likeness (QED) is 0.369. The summed E-state index contributed by atoms with van der Waals surface area (Å²) in [4.78, 5) is 22.2. The largest absolute Gasteiger partial charge is 0.505 e. The minimum atomic E-state index is -0.920. The molecule has 0 aliphatic heterocycles. The van der Waals surface area contributed by atoms with Crippen molar-refractivity contribution in [2.45, 2.75) is 6.42 Å². The van der Waals surface area contributed by atoms with Crippen molar-refractivity contribution < 1.29 is 23.8 Å². The van der Waals surface area contributed by atoms with Gasteiger partial charge in [0.1, 0.15) is 0 Å². The van der Waals surface area contributed by atoms with Gasteiger partial charge in [-0.3, -0.25) is 9.59 Å². The van der Waals surface area contributed by atoms with Crippen LogP contribution in [0.4, 0.5) is 0 Å². The summed E-state index contributed by atoms with van der Waals surface area (Å²) < 4.78 is 13.5. The number of rotatable bonds is 5. The van der Waals surface area contributed by atoms with Crippen LogP contribution in [0.25, 0.3) is 0 Å². The average Bonchev–Trinajstić information content (AvgIpc) is 2.22. The van der Waals surface area contributed by atoms with Gasteiger partial charge in [0, 0.05) is 0 Å². The molecule has 0 saturated carbocycles. The molecule has 0 atom stereocenters. The van der Waals surface area contributed by atoms with E-state index in [0.717, 1.165) is 0 Å². The number of carbonyl (C=O) groups excluding carboxylic acids is 2. The van der Waals surface area contributed by atoms with Crippen LogP contribution in [0.3, 0.4) is 0 Å². The van der Waals surface area contributed by atoms with Crippen LogP contribution in [-0.2, 0) is 23.8 Å². The first-order valence-electron chi connectivity index (χ1n) is 4.00. The predicted molar refractivity (Wildman–Crippen MR) is 48.3 cm³/mol. The Labute approximate surface area is 82.6 Å². The molecule has 0 amide bonds. The molecule has 0 aliphatic carbocycles. The molecule has 0 N–H and O–H groups in total. The minimum absolute atomic E-state index is 0.202. The average molecular weight is 202 g/mol. The first kappa shape index (κ1) is 12.5. The van der Waals surface area contributed by atoms with Crippen LogP contribution in [-0.4, -0.2) is 33.3 Å². The van der Waals surface area contributed by atoms with Gasteiger partial charge in [-0.2, -0.15) is 0 Å². The molecule has 80 valence electrons. The van der Waals surface area contributed by atoms with E-state index in [1.54, 1.807) is 6.08 Å². The van der Waals surface area contributed by atoms with Crippen LogP contribution in [0.5, 0.6) is 0 Å². The molecule has 0 fully saturated rings. The van der Waals surface area contributed by atoms with Crippen molar-refractivity contribution in [3.8, 4) is 0 Å². The number of ether oxygens (including phenoxy) is 3. The fraction of sp³-hybridized carbons (Fsp3) is 0.556. The SMILES string of the molecule is CO/C=C/CC(C(=O)OC)C(=O)OC. The van der Waals surface area contributed by atoms with E-state index in [1.165, 1.54) is 27.6 Å². The third-order valence-electron chi connectivity index (χ3n) is 1.58. The molecule has 0 aromatic heterocycles. The second kappa shape index (κ2) is 6.94. The van der Waals surface area contributed by atoms with Gasteiger partial charge in [0.15, 0.2) is 5.92 Å². The second-order valence-corrected chi connectivity index (χ2v) is 2.44. The van der Waals surface area contributed by atoms with Gasteiger partial charge in [-0.1, -0.05) is 0 Å². The van der Waals surface area contributed by atoms with Gasteiger partial charge in [-0.25, -0.2) is 0 Å². The molecule has 0 aromatic rings. The minimum Gasteiger partial charge on any atom is -0.505 e. The molecule has 0 aliphatic rings. The van der Waals surface area contributed by atoms with Gasteiger partial charge in [-0.05, 0) is 12.5 Å². The maximum atomic E-state index is 11.1. The van der Waals surface area contributed by atoms with Gasteiger partial charge >= 0.3 is 11.9 Å². The fourth-order valence-corrected chi connectivity index (χ4v) is 0.861. The molecule has 0 radical (unpaired) electrons. The lowest BCUT2D eigenvalue weighted by molar-refractivity contribution is -0.158. The Morgan fingerprint density at radius 2 is 1.64 bits per heavy atom. The molecule has 0 saturated heterocycles. The van der Waals surface area contributed by atoms with E-state index in [-0.39, 0.29) is 6.42 Å². The topological polar surface area (TPSA) is 61.8 Å². The Kier molecular flexibility index (Phi) is 6.19. The molecule has 0 aromatic carbocycles. The van der Waals surface area contributed by atoms with Crippen molar-refractivity contribution in [3.05, 3.63) is 12.3 Å². The molecular weight excluding hydrogens is 188 g/mol. The summed E-state index contributed by atoms with van der Waals surface area (Å²) in [6.07, 6.45) is 3.14. The summed E-state index contributed by atoms with van der Waals surface area (Å²) in [7, 11) is 3.92. The molecule has 5 heteroatoms. The molecule has 0 heterocycles. The van der Waals surface area contributed by atoms with Crippen LogP contribution >= 0.6 is 0 Å². The Hall–Kier alpha value is -1.52. The maximum Gasteiger partial charge on any atom is 0.320 e. The van der Waals surface area contributed by atoms with Crippen LogP contribution in [0, 0.1) is 5.92 Å². The summed E-state index contributed by atoms with van der Waals surface area (Å²) in [6, 6.07) is 0. The summed E-state index contributed by atoms with van der Waals surface area (Å²) in [5, 5.41) is 0. The normalized spacial score (nSPS) is 10.3. The van der Waals surface area contributed by atoms with Gasteiger partial charge in [-0.15, -0.1) is 0 Å². The Morgan fingerprint density at radius 1 is 1.14 bits per heavy atom. The third-order valence-corrected chi connectivity index (χ3v) is 1.58. The number of allylic oxidation sites excluding steroid dienone is 1. The van der Waals surface area contributed by atoms with E-state index in [1.807, 2.05) is 0 Å².